The molecule has 1 aliphatic rings. The van der Waals surface area contributed by atoms with Crippen LogP contribution in [-0.2, 0) is 0 Å². The molecule has 1 aliphatic carbocycles. The molecule has 0 aromatic heterocycles. The van der Waals surface area contributed by atoms with Gasteiger partial charge >= 0.3 is 0 Å². The maximum absolute atomic E-state index is 12.0. The first-order valence-corrected chi connectivity index (χ1v) is 8.06. The van der Waals surface area contributed by atoms with Gasteiger partial charge in [0.05, 0.1) is 5.56 Å². The SMILES string of the molecule is O=C(NCC1(CBr)CC1)c1cc(Br)ccc1Br. The van der Waals surface area contributed by atoms with Gasteiger partial charge in [0.25, 0.3) is 5.91 Å². The van der Waals surface area contributed by atoms with Gasteiger partial charge in [-0.3, -0.25) is 4.79 Å². The van der Waals surface area contributed by atoms with Crippen LogP contribution < -0.4 is 5.32 Å². The maximum Gasteiger partial charge on any atom is 0.252 e. The average molecular weight is 426 g/mol. The first-order chi connectivity index (χ1) is 8.06. The molecule has 5 heteroatoms. The first-order valence-electron chi connectivity index (χ1n) is 5.36. The van der Waals surface area contributed by atoms with Gasteiger partial charge in [0, 0.05) is 20.8 Å². The van der Waals surface area contributed by atoms with Crippen LogP contribution in [-0.4, -0.2) is 17.8 Å². The highest BCUT2D eigenvalue weighted by molar-refractivity contribution is 9.11. The molecule has 0 bridgehead atoms. The van der Waals surface area contributed by atoms with Crippen LogP contribution in [0, 0.1) is 5.41 Å². The summed E-state index contributed by atoms with van der Waals surface area (Å²) in [4.78, 5) is 12.0. The van der Waals surface area contributed by atoms with Crippen molar-refractivity contribution in [3.05, 3.63) is 32.7 Å². The van der Waals surface area contributed by atoms with E-state index in [-0.39, 0.29) is 5.91 Å². The van der Waals surface area contributed by atoms with Crippen LogP contribution in [0.4, 0.5) is 0 Å². The van der Waals surface area contributed by atoms with Crippen LogP contribution in [0.2, 0.25) is 0 Å². The van der Waals surface area contributed by atoms with Gasteiger partial charge in [-0.2, -0.15) is 0 Å². The van der Waals surface area contributed by atoms with Gasteiger partial charge in [-0.15, -0.1) is 0 Å². The predicted octanol–water partition coefficient (Wildman–Crippen LogP) is 4.12. The standard InChI is InChI=1S/C12H12Br3NO/c13-6-12(3-4-12)7-16-11(17)9-5-8(14)1-2-10(9)15/h1-2,5H,3-4,6-7H2,(H,16,17). The lowest BCUT2D eigenvalue weighted by atomic mass is 10.1. The zero-order chi connectivity index (χ0) is 12.5. The number of amides is 1. The van der Waals surface area contributed by atoms with Crippen molar-refractivity contribution in [2.24, 2.45) is 5.41 Å². The van der Waals surface area contributed by atoms with Crippen molar-refractivity contribution in [3.8, 4) is 0 Å². The number of carbonyl (C=O) groups is 1. The summed E-state index contributed by atoms with van der Waals surface area (Å²) >= 11 is 10.3. The smallest absolute Gasteiger partial charge is 0.252 e. The van der Waals surface area contributed by atoms with Crippen LogP contribution in [0.15, 0.2) is 27.1 Å². The highest BCUT2D eigenvalue weighted by atomic mass is 79.9. The highest BCUT2D eigenvalue weighted by Gasteiger charge is 2.41. The number of rotatable bonds is 4. The van der Waals surface area contributed by atoms with E-state index < -0.39 is 0 Å². The summed E-state index contributed by atoms with van der Waals surface area (Å²) in [6.07, 6.45) is 2.39. The predicted molar refractivity (Wildman–Crippen MR) is 79.6 cm³/mol. The molecular weight excluding hydrogens is 414 g/mol. The van der Waals surface area contributed by atoms with Crippen molar-refractivity contribution in [2.45, 2.75) is 12.8 Å². The second-order valence-electron chi connectivity index (χ2n) is 4.44. The molecule has 0 radical (unpaired) electrons. The molecule has 1 fully saturated rings. The Morgan fingerprint density at radius 3 is 2.65 bits per heavy atom. The fourth-order valence-electron chi connectivity index (χ4n) is 1.57. The van der Waals surface area contributed by atoms with Crippen molar-refractivity contribution < 1.29 is 4.79 Å². The van der Waals surface area contributed by atoms with E-state index in [0.29, 0.717) is 11.0 Å². The number of carbonyl (C=O) groups excluding carboxylic acids is 1. The lowest BCUT2D eigenvalue weighted by Crippen LogP contribution is -2.31. The number of alkyl halides is 1. The van der Waals surface area contributed by atoms with Crippen LogP contribution >= 0.6 is 47.8 Å². The van der Waals surface area contributed by atoms with E-state index in [0.717, 1.165) is 20.8 Å². The van der Waals surface area contributed by atoms with Gasteiger partial charge in [0.1, 0.15) is 0 Å². The Morgan fingerprint density at radius 2 is 2.06 bits per heavy atom. The minimum Gasteiger partial charge on any atom is -0.351 e. The second kappa shape index (κ2) is 5.41. The number of halogens is 3. The highest BCUT2D eigenvalue weighted by Crippen LogP contribution is 2.46. The van der Waals surface area contributed by atoms with E-state index in [4.69, 9.17) is 0 Å². The molecular formula is C12H12Br3NO. The average Bonchev–Trinajstić information content (AvgIpc) is 3.10. The summed E-state index contributed by atoms with van der Waals surface area (Å²) in [5.74, 6) is -0.0228. The Labute approximate surface area is 126 Å². The third-order valence-corrected chi connectivity index (χ3v) is 5.41. The largest absolute Gasteiger partial charge is 0.351 e. The van der Waals surface area contributed by atoms with Crippen LogP contribution in [0.5, 0.6) is 0 Å². The van der Waals surface area contributed by atoms with E-state index in [1.54, 1.807) is 0 Å². The van der Waals surface area contributed by atoms with Crippen LogP contribution in [0.1, 0.15) is 23.2 Å². The molecule has 0 atom stereocenters. The minimum absolute atomic E-state index is 0.0228. The summed E-state index contributed by atoms with van der Waals surface area (Å²) < 4.78 is 1.73. The molecule has 92 valence electrons. The molecule has 2 nitrogen and oxygen atoms in total. The summed E-state index contributed by atoms with van der Waals surface area (Å²) in [6, 6.07) is 5.60. The van der Waals surface area contributed by atoms with Crippen molar-refractivity contribution in [2.75, 3.05) is 11.9 Å². The normalized spacial score (nSPS) is 16.6. The van der Waals surface area contributed by atoms with Crippen molar-refractivity contribution in [1.82, 2.24) is 5.32 Å². The molecule has 1 aromatic rings. The summed E-state index contributed by atoms with van der Waals surface area (Å²) in [5, 5.41) is 3.96. The number of nitrogens with one attached hydrogen (secondary N) is 1. The zero-order valence-electron chi connectivity index (χ0n) is 9.10. The lowest BCUT2D eigenvalue weighted by Gasteiger charge is -2.13. The topological polar surface area (TPSA) is 29.1 Å². The fraction of sp³-hybridized carbons (Fsp3) is 0.417. The van der Waals surface area contributed by atoms with Gasteiger partial charge in [0.2, 0.25) is 0 Å². The van der Waals surface area contributed by atoms with Gasteiger partial charge in [-0.25, -0.2) is 0 Å². The number of hydrogen-bond donors (Lipinski definition) is 1. The van der Waals surface area contributed by atoms with Crippen molar-refractivity contribution in [1.29, 1.82) is 0 Å². The Bertz CT molecular complexity index is 443. The Kier molecular flexibility index (Phi) is 4.31. The molecule has 0 spiro atoms. The monoisotopic (exact) mass is 423 g/mol. The minimum atomic E-state index is -0.0228. The molecule has 2 rings (SSSR count). The van der Waals surface area contributed by atoms with Crippen molar-refractivity contribution in [3.63, 3.8) is 0 Å². The van der Waals surface area contributed by atoms with Crippen molar-refractivity contribution >= 4 is 53.7 Å². The number of benzene rings is 1. The van der Waals surface area contributed by atoms with E-state index in [2.05, 4.69) is 53.1 Å². The first kappa shape index (κ1) is 13.6. The molecule has 17 heavy (non-hydrogen) atoms. The van der Waals surface area contributed by atoms with E-state index in [9.17, 15) is 4.79 Å². The molecule has 0 unspecified atom stereocenters. The Morgan fingerprint density at radius 1 is 1.35 bits per heavy atom. The zero-order valence-corrected chi connectivity index (χ0v) is 13.9. The van der Waals surface area contributed by atoms with Gasteiger partial charge in [0.15, 0.2) is 0 Å². The van der Waals surface area contributed by atoms with Crippen LogP contribution in [0.3, 0.4) is 0 Å². The van der Waals surface area contributed by atoms with E-state index >= 15 is 0 Å². The number of hydrogen-bond acceptors (Lipinski definition) is 1. The molecule has 0 saturated heterocycles. The van der Waals surface area contributed by atoms with Gasteiger partial charge < -0.3 is 5.32 Å². The van der Waals surface area contributed by atoms with Gasteiger partial charge in [-0.1, -0.05) is 31.9 Å². The van der Waals surface area contributed by atoms with E-state index in [1.165, 1.54) is 12.8 Å². The third-order valence-electron chi connectivity index (χ3n) is 3.04. The molecule has 1 saturated carbocycles. The van der Waals surface area contributed by atoms with Gasteiger partial charge in [-0.05, 0) is 52.4 Å². The lowest BCUT2D eigenvalue weighted by molar-refractivity contribution is 0.0946. The second-order valence-corrected chi connectivity index (χ2v) is 6.77. The maximum atomic E-state index is 12.0. The molecule has 1 N–H and O–H groups in total. The molecule has 1 aromatic carbocycles. The fourth-order valence-corrected chi connectivity index (χ4v) is 3.12. The molecule has 0 heterocycles. The Balaban J connectivity index is 2.02. The summed E-state index contributed by atoms with van der Waals surface area (Å²) in [7, 11) is 0. The van der Waals surface area contributed by atoms with Crippen LogP contribution in [0.25, 0.3) is 0 Å². The Hall–Kier alpha value is 0.130. The summed E-state index contributed by atoms with van der Waals surface area (Å²) in [6.45, 7) is 0.746. The molecule has 1 amide bonds. The molecule has 0 aliphatic heterocycles. The summed E-state index contributed by atoms with van der Waals surface area (Å²) in [5.41, 5.74) is 0.971. The quantitative estimate of drug-likeness (QED) is 0.722. The third kappa shape index (κ3) is 3.32. The van der Waals surface area contributed by atoms with E-state index in [1.807, 2.05) is 18.2 Å².